The molecular weight excluding hydrogens is 342 g/mol. The lowest BCUT2D eigenvalue weighted by Gasteiger charge is -2.41. The number of carbonyl (C=O) groups is 2. The summed E-state index contributed by atoms with van der Waals surface area (Å²) in [6.07, 6.45) is 1.82. The van der Waals surface area contributed by atoms with Gasteiger partial charge in [-0.3, -0.25) is 9.59 Å². The van der Waals surface area contributed by atoms with Crippen molar-refractivity contribution in [2.24, 2.45) is 5.73 Å². The maximum atomic E-state index is 12.4. The summed E-state index contributed by atoms with van der Waals surface area (Å²) in [6, 6.07) is 0. The van der Waals surface area contributed by atoms with Gasteiger partial charge < -0.3 is 20.2 Å². The van der Waals surface area contributed by atoms with Gasteiger partial charge >= 0.3 is 0 Å². The minimum Gasteiger partial charge on any atom is -0.448 e. The highest BCUT2D eigenvalue weighted by atomic mass is 32.1. The smallest absolute Gasteiger partial charge is 0.278 e. The Morgan fingerprint density at radius 1 is 1.32 bits per heavy atom. The first-order valence-electron chi connectivity index (χ1n) is 7.90. The predicted molar refractivity (Wildman–Crippen MR) is 93.9 cm³/mol. The minimum atomic E-state index is -0.584. The summed E-state index contributed by atoms with van der Waals surface area (Å²) < 4.78 is 11.2. The SMILES string of the molecule is Cc1nc(C(=O)Nc2sc3c(c2C(N)=O)CC(C)(C)OC3(C)C)co1. The molecule has 0 bridgehead atoms. The number of primary amides is 1. The van der Waals surface area contributed by atoms with Gasteiger partial charge in [-0.25, -0.2) is 4.98 Å². The molecule has 134 valence electrons. The van der Waals surface area contributed by atoms with Crippen molar-refractivity contribution in [3.8, 4) is 0 Å². The average Bonchev–Trinajstić information content (AvgIpc) is 3.01. The van der Waals surface area contributed by atoms with E-state index >= 15 is 0 Å². The number of thiophene rings is 1. The summed E-state index contributed by atoms with van der Waals surface area (Å²) in [5, 5.41) is 3.16. The summed E-state index contributed by atoms with van der Waals surface area (Å²) in [6.45, 7) is 9.48. The monoisotopic (exact) mass is 363 g/mol. The van der Waals surface area contributed by atoms with Gasteiger partial charge in [0.2, 0.25) is 0 Å². The van der Waals surface area contributed by atoms with Crippen LogP contribution in [0.2, 0.25) is 0 Å². The second kappa shape index (κ2) is 5.67. The highest BCUT2D eigenvalue weighted by Crippen LogP contribution is 2.48. The molecule has 0 radical (unpaired) electrons. The first-order chi connectivity index (χ1) is 11.5. The van der Waals surface area contributed by atoms with Crippen molar-refractivity contribution < 1.29 is 18.7 Å². The molecule has 0 saturated heterocycles. The second-order valence-corrected chi connectivity index (χ2v) is 8.25. The van der Waals surface area contributed by atoms with Gasteiger partial charge in [0.1, 0.15) is 11.3 Å². The van der Waals surface area contributed by atoms with Crippen LogP contribution in [0, 0.1) is 6.92 Å². The number of amides is 2. The van der Waals surface area contributed by atoms with Crippen molar-refractivity contribution in [3.63, 3.8) is 0 Å². The molecule has 3 N–H and O–H groups in total. The molecule has 0 saturated carbocycles. The molecule has 0 aliphatic carbocycles. The van der Waals surface area contributed by atoms with E-state index in [1.807, 2.05) is 27.7 Å². The van der Waals surface area contributed by atoms with Crippen molar-refractivity contribution >= 4 is 28.2 Å². The third kappa shape index (κ3) is 3.19. The molecule has 0 spiro atoms. The largest absolute Gasteiger partial charge is 0.448 e. The molecule has 3 rings (SSSR count). The van der Waals surface area contributed by atoms with Crippen molar-refractivity contribution in [1.29, 1.82) is 0 Å². The number of hydrogen-bond acceptors (Lipinski definition) is 6. The lowest BCUT2D eigenvalue weighted by molar-refractivity contribution is -0.135. The summed E-state index contributed by atoms with van der Waals surface area (Å²) in [7, 11) is 0. The van der Waals surface area contributed by atoms with E-state index in [9.17, 15) is 9.59 Å². The molecule has 0 fully saturated rings. The molecule has 2 aromatic heterocycles. The predicted octanol–water partition coefficient (Wildman–Crippen LogP) is 2.98. The van der Waals surface area contributed by atoms with Crippen LogP contribution in [0.5, 0.6) is 0 Å². The fraction of sp³-hybridized carbons (Fsp3) is 0.471. The lowest BCUT2D eigenvalue weighted by Crippen LogP contribution is -2.42. The number of anilines is 1. The Labute approximate surface area is 149 Å². The number of aryl methyl sites for hydroxylation is 1. The van der Waals surface area contributed by atoms with Crippen molar-refractivity contribution in [2.75, 3.05) is 5.32 Å². The number of aromatic nitrogens is 1. The van der Waals surface area contributed by atoms with Gasteiger partial charge in [0.25, 0.3) is 11.8 Å². The molecule has 8 heteroatoms. The van der Waals surface area contributed by atoms with Gasteiger partial charge in [-0.1, -0.05) is 0 Å². The van der Waals surface area contributed by atoms with Crippen LogP contribution in [0.4, 0.5) is 5.00 Å². The number of carbonyl (C=O) groups excluding carboxylic acids is 2. The summed E-state index contributed by atoms with van der Waals surface area (Å²) in [5.74, 6) is -0.629. The van der Waals surface area contributed by atoms with E-state index in [0.717, 1.165) is 10.4 Å². The third-order valence-corrected chi connectivity index (χ3v) is 5.47. The number of nitrogens with two attached hydrogens (primary N) is 1. The molecule has 0 unspecified atom stereocenters. The summed E-state index contributed by atoms with van der Waals surface area (Å²) in [4.78, 5) is 29.4. The zero-order chi connectivity index (χ0) is 18.6. The van der Waals surface area contributed by atoms with Gasteiger partial charge in [-0.15, -0.1) is 11.3 Å². The highest BCUT2D eigenvalue weighted by molar-refractivity contribution is 7.17. The van der Waals surface area contributed by atoms with Crippen LogP contribution in [0.3, 0.4) is 0 Å². The molecule has 25 heavy (non-hydrogen) atoms. The van der Waals surface area contributed by atoms with E-state index in [-0.39, 0.29) is 5.69 Å². The molecule has 1 aliphatic rings. The number of hydrogen-bond donors (Lipinski definition) is 2. The summed E-state index contributed by atoms with van der Waals surface area (Å²) in [5.41, 5.74) is 5.93. The van der Waals surface area contributed by atoms with Gasteiger partial charge in [0.15, 0.2) is 11.6 Å². The Morgan fingerprint density at radius 2 is 2.00 bits per heavy atom. The Morgan fingerprint density at radius 3 is 2.56 bits per heavy atom. The van der Waals surface area contributed by atoms with Gasteiger partial charge in [-0.05, 0) is 33.3 Å². The number of nitrogens with zero attached hydrogens (tertiary/aromatic N) is 1. The maximum Gasteiger partial charge on any atom is 0.278 e. The molecule has 2 aromatic rings. The van der Waals surface area contributed by atoms with Crippen LogP contribution in [-0.4, -0.2) is 22.4 Å². The van der Waals surface area contributed by atoms with E-state index in [0.29, 0.717) is 22.9 Å². The molecular formula is C17H21N3O4S. The van der Waals surface area contributed by atoms with E-state index in [1.165, 1.54) is 17.6 Å². The molecule has 7 nitrogen and oxygen atoms in total. The number of rotatable bonds is 3. The first kappa shape index (κ1) is 17.6. The van der Waals surface area contributed by atoms with Crippen LogP contribution >= 0.6 is 11.3 Å². The van der Waals surface area contributed by atoms with Crippen LogP contribution in [-0.2, 0) is 16.8 Å². The minimum absolute atomic E-state index is 0.148. The van der Waals surface area contributed by atoms with Crippen LogP contribution < -0.4 is 11.1 Å². The highest BCUT2D eigenvalue weighted by Gasteiger charge is 2.42. The Bertz CT molecular complexity index is 863. The number of fused-ring (bicyclic) bond motifs is 1. The van der Waals surface area contributed by atoms with Gasteiger partial charge in [0.05, 0.1) is 16.8 Å². The molecule has 3 heterocycles. The Balaban J connectivity index is 2.05. The van der Waals surface area contributed by atoms with E-state index < -0.39 is 23.0 Å². The molecule has 0 atom stereocenters. The molecule has 0 aromatic carbocycles. The van der Waals surface area contributed by atoms with Crippen LogP contribution in [0.15, 0.2) is 10.7 Å². The third-order valence-electron chi connectivity index (χ3n) is 4.01. The number of oxazole rings is 1. The lowest BCUT2D eigenvalue weighted by atomic mass is 9.86. The van der Waals surface area contributed by atoms with Gasteiger partial charge in [-0.2, -0.15) is 0 Å². The zero-order valence-electron chi connectivity index (χ0n) is 14.9. The maximum absolute atomic E-state index is 12.4. The van der Waals surface area contributed by atoms with E-state index in [1.54, 1.807) is 6.92 Å². The van der Waals surface area contributed by atoms with Crippen LogP contribution in [0.1, 0.15) is 64.9 Å². The zero-order valence-corrected chi connectivity index (χ0v) is 15.7. The van der Waals surface area contributed by atoms with Crippen molar-refractivity contribution in [1.82, 2.24) is 4.98 Å². The quantitative estimate of drug-likeness (QED) is 0.871. The number of nitrogens with one attached hydrogen (secondary N) is 1. The van der Waals surface area contributed by atoms with Gasteiger partial charge in [0, 0.05) is 18.2 Å². The average molecular weight is 363 g/mol. The Kier molecular flexibility index (Phi) is 4.00. The standard InChI is InChI=1S/C17H21N3O4S/c1-8-19-10(7-23-8)14(22)20-15-11(13(18)21)9-6-16(2,3)24-17(4,5)12(9)25-15/h7H,6H2,1-5H3,(H2,18,21)(H,20,22). The molecule has 2 amide bonds. The van der Waals surface area contributed by atoms with Crippen molar-refractivity contribution in [2.45, 2.75) is 52.2 Å². The first-order valence-corrected chi connectivity index (χ1v) is 8.71. The van der Waals surface area contributed by atoms with E-state index in [2.05, 4.69) is 10.3 Å². The second-order valence-electron chi connectivity index (χ2n) is 7.23. The Hall–Kier alpha value is -2.19. The topological polar surface area (TPSA) is 107 Å². The summed E-state index contributed by atoms with van der Waals surface area (Å²) >= 11 is 1.31. The van der Waals surface area contributed by atoms with Crippen LogP contribution in [0.25, 0.3) is 0 Å². The fourth-order valence-electron chi connectivity index (χ4n) is 3.30. The fourth-order valence-corrected chi connectivity index (χ4v) is 4.56. The number of ether oxygens (including phenoxy) is 1. The van der Waals surface area contributed by atoms with E-state index in [4.69, 9.17) is 14.9 Å². The normalized spacial score (nSPS) is 17.8. The molecule has 1 aliphatic heterocycles. The van der Waals surface area contributed by atoms with Crippen molar-refractivity contribution in [3.05, 3.63) is 33.9 Å².